The van der Waals surface area contributed by atoms with Crippen LogP contribution >= 0.6 is 0 Å². The number of carbonyl (C=O) groups is 2. The van der Waals surface area contributed by atoms with E-state index in [0.717, 1.165) is 12.8 Å². The summed E-state index contributed by atoms with van der Waals surface area (Å²) in [6, 6.07) is -0.881. The average molecular weight is 434 g/mol. The van der Waals surface area contributed by atoms with Crippen LogP contribution in [0.3, 0.4) is 0 Å². The number of hydrogen-bond donors (Lipinski definition) is 1. The molecule has 0 aromatic heterocycles. The summed E-state index contributed by atoms with van der Waals surface area (Å²) in [6.07, 6.45) is 22.7. The van der Waals surface area contributed by atoms with Gasteiger partial charge in [0, 0.05) is 6.42 Å². The van der Waals surface area contributed by atoms with Gasteiger partial charge in [-0.15, -0.1) is 0 Å². The van der Waals surface area contributed by atoms with E-state index in [1.54, 1.807) is 13.8 Å². The second kappa shape index (κ2) is 23.6. The van der Waals surface area contributed by atoms with Crippen LogP contribution in [-0.2, 0) is 9.59 Å². The van der Waals surface area contributed by atoms with E-state index >= 15 is 0 Å². The number of aliphatic carboxylic acids is 1. The van der Waals surface area contributed by atoms with Gasteiger partial charge in [-0.3, -0.25) is 4.79 Å². The van der Waals surface area contributed by atoms with Crippen LogP contribution in [-0.4, -0.2) is 17.9 Å². The second-order valence-electron chi connectivity index (χ2n) is 9.02. The Kier molecular flexibility index (Phi) is 25.3. The van der Waals surface area contributed by atoms with Crippen LogP contribution < -0.4 is 40.0 Å². The smallest absolute Gasteiger partial charge is 0.548 e. The van der Waals surface area contributed by atoms with Crippen molar-refractivity contribution in [3.05, 3.63) is 0 Å². The van der Waals surface area contributed by atoms with Crippen molar-refractivity contribution < 1.29 is 44.3 Å². The molecule has 0 heterocycles. The molecule has 0 aliphatic heterocycles. The minimum Gasteiger partial charge on any atom is -0.548 e. The quantitative estimate of drug-likeness (QED) is 0.224. The van der Waals surface area contributed by atoms with Crippen LogP contribution in [0.4, 0.5) is 0 Å². The fraction of sp³-hybridized carbons (Fsp3) is 0.920. The van der Waals surface area contributed by atoms with Crippen LogP contribution in [0, 0.1) is 5.92 Å². The van der Waals surface area contributed by atoms with Gasteiger partial charge in [-0.05, 0) is 12.3 Å². The van der Waals surface area contributed by atoms with Crippen LogP contribution in [0.25, 0.3) is 0 Å². The van der Waals surface area contributed by atoms with E-state index in [2.05, 4.69) is 12.2 Å². The van der Waals surface area contributed by atoms with Gasteiger partial charge in [0.2, 0.25) is 5.91 Å². The second-order valence-corrected chi connectivity index (χ2v) is 9.02. The van der Waals surface area contributed by atoms with Crippen molar-refractivity contribution in [1.82, 2.24) is 5.32 Å². The van der Waals surface area contributed by atoms with Crippen LogP contribution in [0.15, 0.2) is 0 Å². The fourth-order valence-corrected chi connectivity index (χ4v) is 3.75. The number of rotatable bonds is 21. The molecule has 0 spiro atoms. The van der Waals surface area contributed by atoms with E-state index in [-0.39, 0.29) is 41.4 Å². The van der Waals surface area contributed by atoms with Gasteiger partial charge in [0.1, 0.15) is 0 Å². The van der Waals surface area contributed by atoms with Gasteiger partial charge >= 0.3 is 29.6 Å². The van der Waals surface area contributed by atoms with Gasteiger partial charge < -0.3 is 15.2 Å². The summed E-state index contributed by atoms with van der Waals surface area (Å²) in [5.41, 5.74) is 0. The SMILES string of the molecule is CCCCCCCCCCCCCCCCCCCC(=O)N[C@H](C(=O)[O-])C(C)C.[Na+]. The molecular formula is C25H48NNaO3. The summed E-state index contributed by atoms with van der Waals surface area (Å²) in [6.45, 7) is 5.82. The number of carboxylic acid groups (broad SMARTS) is 1. The Balaban J connectivity index is 0. The first-order valence-electron chi connectivity index (χ1n) is 12.5. The molecule has 0 unspecified atom stereocenters. The molecule has 5 heteroatoms. The first-order chi connectivity index (χ1) is 14.0. The molecule has 1 amide bonds. The summed E-state index contributed by atoms with van der Waals surface area (Å²) < 4.78 is 0. The van der Waals surface area contributed by atoms with Crippen LogP contribution in [0.5, 0.6) is 0 Å². The van der Waals surface area contributed by atoms with E-state index in [9.17, 15) is 14.7 Å². The monoisotopic (exact) mass is 433 g/mol. The van der Waals surface area contributed by atoms with Crippen molar-refractivity contribution >= 4 is 11.9 Å². The molecule has 0 fully saturated rings. The van der Waals surface area contributed by atoms with Gasteiger partial charge in [0.25, 0.3) is 0 Å². The molecule has 0 saturated carbocycles. The minimum absolute atomic E-state index is 0. The maximum atomic E-state index is 11.8. The van der Waals surface area contributed by atoms with Crippen molar-refractivity contribution in [1.29, 1.82) is 0 Å². The Hall–Kier alpha value is -0.0600. The van der Waals surface area contributed by atoms with E-state index < -0.39 is 12.0 Å². The summed E-state index contributed by atoms with van der Waals surface area (Å²) >= 11 is 0. The number of carbonyl (C=O) groups excluding carboxylic acids is 2. The number of amides is 1. The van der Waals surface area contributed by atoms with Crippen molar-refractivity contribution in [2.24, 2.45) is 5.92 Å². The summed E-state index contributed by atoms with van der Waals surface area (Å²) in [7, 11) is 0. The molecular weight excluding hydrogens is 385 g/mol. The summed E-state index contributed by atoms with van der Waals surface area (Å²) in [5, 5.41) is 13.6. The molecule has 0 aliphatic carbocycles. The zero-order valence-electron chi connectivity index (χ0n) is 20.6. The molecule has 0 aromatic carbocycles. The summed E-state index contributed by atoms with van der Waals surface area (Å²) in [4.78, 5) is 22.8. The first kappa shape index (κ1) is 32.1. The van der Waals surface area contributed by atoms with E-state index in [1.807, 2.05) is 0 Å². The molecule has 0 aliphatic rings. The van der Waals surface area contributed by atoms with Crippen molar-refractivity contribution in [3.63, 3.8) is 0 Å². The average Bonchev–Trinajstić information content (AvgIpc) is 2.68. The maximum absolute atomic E-state index is 11.8. The molecule has 1 N–H and O–H groups in total. The third kappa shape index (κ3) is 21.2. The molecule has 0 saturated heterocycles. The zero-order chi connectivity index (χ0) is 21.7. The zero-order valence-corrected chi connectivity index (χ0v) is 22.6. The van der Waals surface area contributed by atoms with Crippen LogP contribution in [0.1, 0.15) is 136 Å². The third-order valence-electron chi connectivity index (χ3n) is 5.74. The number of nitrogens with one attached hydrogen (secondary N) is 1. The minimum atomic E-state index is -1.20. The van der Waals surface area contributed by atoms with Gasteiger partial charge in [0.15, 0.2) is 0 Å². The molecule has 4 nitrogen and oxygen atoms in total. The molecule has 172 valence electrons. The number of hydrogen-bond acceptors (Lipinski definition) is 3. The van der Waals surface area contributed by atoms with Crippen molar-refractivity contribution in [2.45, 2.75) is 142 Å². The molecule has 0 aromatic rings. The Morgan fingerprint density at radius 2 is 1.00 bits per heavy atom. The largest absolute Gasteiger partial charge is 1.00 e. The van der Waals surface area contributed by atoms with E-state index in [0.29, 0.717) is 6.42 Å². The number of carboxylic acids is 1. The molecule has 30 heavy (non-hydrogen) atoms. The Morgan fingerprint density at radius 1 is 0.667 bits per heavy atom. The van der Waals surface area contributed by atoms with Crippen molar-refractivity contribution in [3.8, 4) is 0 Å². The van der Waals surface area contributed by atoms with E-state index in [1.165, 1.54) is 96.3 Å². The fourth-order valence-electron chi connectivity index (χ4n) is 3.75. The Morgan fingerprint density at radius 3 is 1.30 bits per heavy atom. The van der Waals surface area contributed by atoms with Gasteiger partial charge in [-0.25, -0.2) is 0 Å². The number of unbranched alkanes of at least 4 members (excludes halogenated alkanes) is 16. The molecule has 1 atom stereocenters. The first-order valence-corrected chi connectivity index (χ1v) is 12.5. The predicted molar refractivity (Wildman–Crippen MR) is 121 cm³/mol. The summed E-state index contributed by atoms with van der Waals surface area (Å²) in [5.74, 6) is -1.52. The Labute approximate surface area is 209 Å². The van der Waals surface area contributed by atoms with Crippen molar-refractivity contribution in [2.75, 3.05) is 0 Å². The third-order valence-corrected chi connectivity index (χ3v) is 5.74. The maximum Gasteiger partial charge on any atom is 1.00 e. The molecule has 0 bridgehead atoms. The Bertz CT molecular complexity index is 402. The van der Waals surface area contributed by atoms with Gasteiger partial charge in [-0.2, -0.15) is 0 Å². The normalized spacial score (nSPS) is 11.9. The topological polar surface area (TPSA) is 69.2 Å². The molecule has 0 radical (unpaired) electrons. The van der Waals surface area contributed by atoms with Gasteiger partial charge in [-0.1, -0.05) is 124 Å². The standard InChI is InChI=1S/C25H49NO3.Na/c1-4-5-6-7-8-9-10-11-12-13-14-15-16-17-18-19-20-21-23(27)26-24(22(2)3)25(28)29;/h22,24H,4-21H2,1-3H3,(H,26,27)(H,28,29);/q;+1/p-1/t24-;/m0./s1. The van der Waals surface area contributed by atoms with Gasteiger partial charge in [0.05, 0.1) is 12.0 Å². The van der Waals surface area contributed by atoms with E-state index in [4.69, 9.17) is 0 Å². The predicted octanol–water partition coefficient (Wildman–Crippen LogP) is 2.92. The molecule has 0 rings (SSSR count). The van der Waals surface area contributed by atoms with Crippen LogP contribution in [0.2, 0.25) is 0 Å².